The molecule has 6 rings (SSSR count). The van der Waals surface area contributed by atoms with Gasteiger partial charge in [0.25, 0.3) is 0 Å². The van der Waals surface area contributed by atoms with E-state index in [1.807, 2.05) is 6.08 Å². The highest BCUT2D eigenvalue weighted by Gasteiger charge is 2.51. The molecule has 2 unspecified atom stereocenters. The minimum Gasteiger partial charge on any atom is -0.341 e. The third-order valence-electron chi connectivity index (χ3n) is 11.1. The highest BCUT2D eigenvalue weighted by molar-refractivity contribution is 8.05. The van der Waals surface area contributed by atoms with E-state index in [4.69, 9.17) is 0 Å². The van der Waals surface area contributed by atoms with Crippen LogP contribution in [0.4, 0.5) is 5.69 Å². The summed E-state index contributed by atoms with van der Waals surface area (Å²) in [5.41, 5.74) is 11.6. The molecule has 1 aliphatic heterocycles. The average Bonchev–Trinajstić information content (AvgIpc) is 3.41. The number of allylic oxidation sites excluding steroid dienone is 15. The molecule has 0 amide bonds. The second-order valence-electron chi connectivity index (χ2n) is 14.9. The summed E-state index contributed by atoms with van der Waals surface area (Å²) in [4.78, 5) is 3.99. The Bertz CT molecular complexity index is 2050. The largest absolute Gasteiger partial charge is 0.341 e. The number of rotatable bonds is 13. The first-order valence-corrected chi connectivity index (χ1v) is 20.6. The summed E-state index contributed by atoms with van der Waals surface area (Å²) in [5.74, 6) is 0.392. The van der Waals surface area contributed by atoms with Crippen LogP contribution in [0.15, 0.2) is 211 Å². The molecule has 3 aromatic rings. The van der Waals surface area contributed by atoms with Crippen molar-refractivity contribution in [3.8, 4) is 22.3 Å². The molecule has 1 nitrogen and oxygen atoms in total. The molecule has 0 saturated heterocycles. The Morgan fingerprint density at radius 3 is 2.18 bits per heavy atom. The van der Waals surface area contributed by atoms with E-state index in [0.717, 1.165) is 32.2 Å². The molecule has 0 saturated carbocycles. The molecule has 2 atom stereocenters. The molecule has 0 radical (unpaired) electrons. The van der Waals surface area contributed by atoms with E-state index < -0.39 is 0 Å². The normalized spacial score (nSPS) is 20.3. The van der Waals surface area contributed by atoms with Crippen molar-refractivity contribution in [3.63, 3.8) is 0 Å². The van der Waals surface area contributed by atoms with Gasteiger partial charge in [-0.05, 0) is 103 Å². The first-order valence-electron chi connectivity index (χ1n) is 19.7. The summed E-state index contributed by atoms with van der Waals surface area (Å²) >= 11 is 2.07. The lowest BCUT2D eigenvalue weighted by molar-refractivity contribution is 0.365. The van der Waals surface area contributed by atoms with E-state index in [-0.39, 0.29) is 10.2 Å². The Balaban J connectivity index is 0.00000138. The number of nitrogens with zero attached hydrogens (tertiary/aromatic N) is 1. The van der Waals surface area contributed by atoms with Crippen LogP contribution in [0.1, 0.15) is 60.3 Å². The van der Waals surface area contributed by atoms with Gasteiger partial charge in [0.1, 0.15) is 0 Å². The molecule has 1 heterocycles. The maximum atomic E-state index is 4.05. The maximum Gasteiger partial charge on any atom is 0.0512 e. The predicted molar refractivity (Wildman–Crippen MR) is 246 cm³/mol. The zero-order chi connectivity index (χ0) is 39.3. The molecule has 0 fully saturated rings. The summed E-state index contributed by atoms with van der Waals surface area (Å²) in [6, 6.07) is 28.6. The standard InChI is InChI=1S/C49H53NS.C4H6/c1-7-19-45(27-18-24-40(9-3)47-37(4)48(5,6)49(51-47)32-14-11-15-33-49)50(36-39-21-16-20-38(8-2)34-39)46-30-28-42(29-31-46)44-26-17-25-43(35-44)41-22-12-10-13-23-41;1-3-4-2/h8-20,22-23,25-32,34-35,39H,2,7,21,24,33,36H2,1,3-6H3;3-4H,1-2H2/b27-18-,40-9-,45-19+;. The maximum absolute atomic E-state index is 4.05. The molecular weight excluding hydrogens is 683 g/mol. The monoisotopic (exact) mass is 741 g/mol. The lowest BCUT2D eigenvalue weighted by Crippen LogP contribution is -2.37. The Morgan fingerprint density at radius 1 is 0.873 bits per heavy atom. The van der Waals surface area contributed by atoms with Crippen molar-refractivity contribution in [3.05, 3.63) is 211 Å². The van der Waals surface area contributed by atoms with Crippen LogP contribution in [-0.4, -0.2) is 11.3 Å². The molecule has 3 aliphatic rings. The van der Waals surface area contributed by atoms with Gasteiger partial charge >= 0.3 is 0 Å². The van der Waals surface area contributed by atoms with Crippen molar-refractivity contribution in [2.45, 2.75) is 65.0 Å². The average molecular weight is 742 g/mol. The minimum absolute atomic E-state index is 0.0878. The van der Waals surface area contributed by atoms with Crippen molar-refractivity contribution in [1.82, 2.24) is 0 Å². The van der Waals surface area contributed by atoms with Gasteiger partial charge in [0.05, 0.1) is 4.75 Å². The Morgan fingerprint density at radius 2 is 1.56 bits per heavy atom. The van der Waals surface area contributed by atoms with Crippen LogP contribution in [0.5, 0.6) is 0 Å². The molecule has 0 N–H and O–H groups in total. The number of benzene rings is 3. The minimum atomic E-state index is 0.0878. The van der Waals surface area contributed by atoms with E-state index >= 15 is 0 Å². The van der Waals surface area contributed by atoms with Crippen LogP contribution in [0.2, 0.25) is 0 Å². The smallest absolute Gasteiger partial charge is 0.0512 e. The Kier molecular flexibility index (Phi) is 14.6. The van der Waals surface area contributed by atoms with Crippen LogP contribution >= 0.6 is 11.8 Å². The van der Waals surface area contributed by atoms with Crippen molar-refractivity contribution in [1.29, 1.82) is 0 Å². The summed E-state index contributed by atoms with van der Waals surface area (Å²) < 4.78 is 0.0878. The second-order valence-corrected chi connectivity index (χ2v) is 16.2. The van der Waals surface area contributed by atoms with E-state index in [2.05, 4.69) is 217 Å². The van der Waals surface area contributed by atoms with E-state index in [9.17, 15) is 0 Å². The topological polar surface area (TPSA) is 3.24 Å². The van der Waals surface area contributed by atoms with Gasteiger partial charge in [0.15, 0.2) is 0 Å². The first kappa shape index (κ1) is 41.1. The third-order valence-corrected chi connectivity index (χ3v) is 13.1. The van der Waals surface area contributed by atoms with Gasteiger partial charge in [-0.2, -0.15) is 0 Å². The van der Waals surface area contributed by atoms with Crippen LogP contribution in [0, 0.1) is 11.3 Å². The fourth-order valence-corrected chi connectivity index (χ4v) is 9.37. The van der Waals surface area contributed by atoms with Gasteiger partial charge in [0.2, 0.25) is 0 Å². The Labute approximate surface area is 337 Å². The van der Waals surface area contributed by atoms with E-state index in [0.29, 0.717) is 5.92 Å². The van der Waals surface area contributed by atoms with Gasteiger partial charge in [0, 0.05) is 28.2 Å². The lowest BCUT2D eigenvalue weighted by Gasteiger charge is -2.40. The Hall–Kier alpha value is -5.05. The summed E-state index contributed by atoms with van der Waals surface area (Å²) in [5, 5.41) is 0. The number of hydrogen-bond acceptors (Lipinski definition) is 2. The summed E-state index contributed by atoms with van der Waals surface area (Å²) in [6.07, 6.45) is 34.7. The molecule has 1 spiro atoms. The van der Waals surface area contributed by atoms with Gasteiger partial charge in [-0.1, -0.05) is 186 Å². The third kappa shape index (κ3) is 9.80. The molecule has 282 valence electrons. The van der Waals surface area contributed by atoms with Crippen LogP contribution < -0.4 is 4.90 Å². The highest BCUT2D eigenvalue weighted by Crippen LogP contribution is 2.62. The van der Waals surface area contributed by atoms with Gasteiger partial charge in [-0.25, -0.2) is 0 Å². The number of anilines is 1. The van der Waals surface area contributed by atoms with E-state index in [1.165, 1.54) is 55.3 Å². The quantitative estimate of drug-likeness (QED) is 0.161. The van der Waals surface area contributed by atoms with Crippen molar-refractivity contribution >= 4 is 17.4 Å². The van der Waals surface area contributed by atoms with Gasteiger partial charge in [-0.15, -0.1) is 11.8 Å². The van der Waals surface area contributed by atoms with Crippen molar-refractivity contribution < 1.29 is 0 Å². The van der Waals surface area contributed by atoms with Gasteiger partial charge < -0.3 is 4.90 Å². The van der Waals surface area contributed by atoms with Gasteiger partial charge in [-0.3, -0.25) is 0 Å². The van der Waals surface area contributed by atoms with Crippen LogP contribution in [0.3, 0.4) is 0 Å². The zero-order valence-electron chi connectivity index (χ0n) is 33.7. The number of thioether (sulfide) groups is 1. The summed E-state index contributed by atoms with van der Waals surface area (Å²) in [6.45, 7) is 23.3. The SMILES string of the molecule is C=CC1=CC(CN(C(/C=C\C/C(=C/C)C2=C(C)C(C)(C)C3(C=CC=CC3)S2)=C/CC)c2ccc(-c3cccc(-c4ccccc4)c3)cc2)CC=C1.C=CC=C. The molecule has 55 heavy (non-hydrogen) atoms. The van der Waals surface area contributed by atoms with Crippen molar-refractivity contribution in [2.75, 3.05) is 11.4 Å². The molecular formula is C53H59NS. The van der Waals surface area contributed by atoms with Crippen LogP contribution in [-0.2, 0) is 0 Å². The van der Waals surface area contributed by atoms with E-state index in [1.54, 1.807) is 12.2 Å². The fraction of sp³-hybridized carbons (Fsp3) is 0.245. The first-order chi connectivity index (χ1) is 26.7. The molecule has 0 aromatic heterocycles. The predicted octanol–water partition coefficient (Wildman–Crippen LogP) is 15.4. The molecule has 2 aliphatic carbocycles. The number of hydrogen-bond donors (Lipinski definition) is 0. The molecule has 3 aromatic carbocycles. The van der Waals surface area contributed by atoms with Crippen molar-refractivity contribution in [2.24, 2.45) is 11.3 Å². The summed E-state index contributed by atoms with van der Waals surface area (Å²) in [7, 11) is 0. The fourth-order valence-electron chi connectivity index (χ4n) is 7.53. The second kappa shape index (κ2) is 19.5. The molecule has 2 heteroatoms. The lowest BCUT2D eigenvalue weighted by atomic mass is 9.70. The highest BCUT2D eigenvalue weighted by atomic mass is 32.2. The molecule has 0 bridgehead atoms. The van der Waals surface area contributed by atoms with Crippen LogP contribution in [0.25, 0.3) is 22.3 Å². The zero-order valence-corrected chi connectivity index (χ0v) is 34.5.